The van der Waals surface area contributed by atoms with Crippen LogP contribution in [-0.2, 0) is 11.3 Å². The maximum Gasteiger partial charge on any atom is 0.246 e. The van der Waals surface area contributed by atoms with Crippen LogP contribution in [-0.4, -0.2) is 39.2 Å². The molecule has 1 aromatic carbocycles. The highest BCUT2D eigenvalue weighted by Gasteiger charge is 2.12. The van der Waals surface area contributed by atoms with E-state index < -0.39 is 0 Å². The molecule has 134 valence electrons. The third-order valence-electron chi connectivity index (χ3n) is 3.54. The van der Waals surface area contributed by atoms with Gasteiger partial charge in [-0.15, -0.1) is 11.3 Å². The van der Waals surface area contributed by atoms with Gasteiger partial charge in [0.05, 0.1) is 32.2 Å². The van der Waals surface area contributed by atoms with E-state index in [9.17, 15) is 4.79 Å². The summed E-state index contributed by atoms with van der Waals surface area (Å²) < 4.78 is 16.6. The van der Waals surface area contributed by atoms with E-state index >= 15 is 0 Å². The van der Waals surface area contributed by atoms with Gasteiger partial charge in [-0.3, -0.25) is 4.79 Å². The zero-order valence-corrected chi connectivity index (χ0v) is 16.1. The molecule has 0 aliphatic heterocycles. The Morgan fingerprint density at radius 3 is 2.32 bits per heavy atom. The third kappa shape index (κ3) is 4.90. The second-order valence-corrected chi connectivity index (χ2v) is 6.98. The first-order chi connectivity index (χ1) is 12.0. The number of hydrogen-bond donors (Lipinski definition) is 0. The second kappa shape index (κ2) is 8.78. The van der Waals surface area contributed by atoms with E-state index in [1.54, 1.807) is 51.5 Å². The van der Waals surface area contributed by atoms with Gasteiger partial charge in [0.1, 0.15) is 5.75 Å². The molecule has 0 bridgehead atoms. The lowest BCUT2D eigenvalue weighted by Gasteiger charge is -2.14. The summed E-state index contributed by atoms with van der Waals surface area (Å²) in [5.74, 6) is 1.60. The minimum atomic E-state index is -0.124. The Balaban J connectivity index is 2.15. The highest BCUT2D eigenvalue weighted by atomic mass is 35.5. The molecule has 1 amide bonds. The lowest BCUT2D eigenvalue weighted by molar-refractivity contribution is -0.125. The molecule has 0 saturated carbocycles. The molecule has 0 N–H and O–H groups in total. The van der Waals surface area contributed by atoms with E-state index in [0.29, 0.717) is 28.1 Å². The van der Waals surface area contributed by atoms with Crippen LogP contribution in [0.4, 0.5) is 0 Å². The van der Waals surface area contributed by atoms with Gasteiger partial charge in [0, 0.05) is 29.6 Å². The van der Waals surface area contributed by atoms with Crippen LogP contribution >= 0.6 is 22.9 Å². The summed E-state index contributed by atoms with van der Waals surface area (Å²) in [4.78, 5) is 15.0. The number of ether oxygens (including phenoxy) is 3. The van der Waals surface area contributed by atoms with Crippen molar-refractivity contribution < 1.29 is 19.0 Å². The van der Waals surface area contributed by atoms with Crippen molar-refractivity contribution in [1.82, 2.24) is 4.90 Å². The summed E-state index contributed by atoms with van der Waals surface area (Å²) in [6.45, 7) is 0.504. The minimum Gasteiger partial charge on any atom is -0.496 e. The molecule has 0 aliphatic carbocycles. The molecule has 7 heteroatoms. The first-order valence-corrected chi connectivity index (χ1v) is 8.65. The summed E-state index contributed by atoms with van der Waals surface area (Å²) in [6.07, 6.45) is 3.19. The average Bonchev–Trinajstić information content (AvgIpc) is 3.03. The number of hydrogen-bond acceptors (Lipinski definition) is 5. The van der Waals surface area contributed by atoms with Gasteiger partial charge in [-0.05, 0) is 24.3 Å². The van der Waals surface area contributed by atoms with Gasteiger partial charge in [-0.1, -0.05) is 11.6 Å². The number of methoxy groups -OCH3 is 3. The Kier molecular flexibility index (Phi) is 6.73. The Morgan fingerprint density at radius 2 is 1.76 bits per heavy atom. The Morgan fingerprint density at radius 1 is 1.12 bits per heavy atom. The monoisotopic (exact) mass is 381 g/mol. The number of thiophene rings is 1. The number of halogens is 1. The van der Waals surface area contributed by atoms with Gasteiger partial charge in [0.15, 0.2) is 11.5 Å². The molecule has 2 aromatic rings. The van der Waals surface area contributed by atoms with Gasteiger partial charge >= 0.3 is 0 Å². The fraction of sp³-hybridized carbons (Fsp3) is 0.278. The molecule has 1 heterocycles. The molecule has 25 heavy (non-hydrogen) atoms. The largest absolute Gasteiger partial charge is 0.496 e. The van der Waals surface area contributed by atoms with Crippen molar-refractivity contribution in [1.29, 1.82) is 0 Å². The first kappa shape index (κ1) is 19.1. The number of rotatable bonds is 7. The highest BCUT2D eigenvalue weighted by molar-refractivity contribution is 7.16. The van der Waals surface area contributed by atoms with Crippen molar-refractivity contribution in [3.05, 3.63) is 45.1 Å². The molecule has 2 rings (SSSR count). The van der Waals surface area contributed by atoms with Crippen molar-refractivity contribution in [3.63, 3.8) is 0 Å². The van der Waals surface area contributed by atoms with Crippen molar-refractivity contribution >= 4 is 34.9 Å². The van der Waals surface area contributed by atoms with Gasteiger partial charge in [0.25, 0.3) is 0 Å². The van der Waals surface area contributed by atoms with Crippen LogP contribution in [0, 0.1) is 0 Å². The van der Waals surface area contributed by atoms with Gasteiger partial charge in [0.2, 0.25) is 5.91 Å². The molecule has 0 spiro atoms. The summed E-state index contributed by atoms with van der Waals surface area (Å²) in [5, 5.41) is 0. The molecule has 0 radical (unpaired) electrons. The smallest absolute Gasteiger partial charge is 0.246 e. The van der Waals surface area contributed by atoms with E-state index in [-0.39, 0.29) is 5.91 Å². The van der Waals surface area contributed by atoms with Crippen LogP contribution in [0.15, 0.2) is 30.3 Å². The molecule has 0 aliphatic rings. The number of carbonyl (C=O) groups is 1. The van der Waals surface area contributed by atoms with Crippen LogP contribution in [0.3, 0.4) is 0 Å². The Hall–Kier alpha value is -2.18. The standard InChI is InChI=1S/C18H20ClNO4S/c1-20(11-13-6-7-17(19)25-13)18(21)8-5-12-9-15(23-3)16(24-4)10-14(12)22-2/h5-10H,11H2,1-4H3/b8-5+. The highest BCUT2D eigenvalue weighted by Crippen LogP contribution is 2.35. The number of amides is 1. The van der Waals surface area contributed by atoms with Crippen LogP contribution < -0.4 is 14.2 Å². The van der Waals surface area contributed by atoms with E-state index in [0.717, 1.165) is 10.4 Å². The van der Waals surface area contributed by atoms with Crippen LogP contribution in [0.25, 0.3) is 6.08 Å². The fourth-order valence-corrected chi connectivity index (χ4v) is 3.36. The van der Waals surface area contributed by atoms with Gasteiger partial charge in [-0.25, -0.2) is 0 Å². The lowest BCUT2D eigenvalue weighted by Crippen LogP contribution is -2.23. The summed E-state index contributed by atoms with van der Waals surface area (Å²) in [5.41, 5.74) is 0.723. The Labute approximate surface area is 156 Å². The van der Waals surface area contributed by atoms with E-state index in [1.807, 2.05) is 12.1 Å². The predicted octanol–water partition coefficient (Wildman–Crippen LogP) is 4.10. The minimum absolute atomic E-state index is 0.124. The predicted molar refractivity (Wildman–Crippen MR) is 101 cm³/mol. The van der Waals surface area contributed by atoms with Crippen LogP contribution in [0.1, 0.15) is 10.4 Å². The number of carbonyl (C=O) groups excluding carboxylic acids is 1. The zero-order chi connectivity index (χ0) is 18.4. The quantitative estimate of drug-likeness (QED) is 0.677. The van der Waals surface area contributed by atoms with E-state index in [2.05, 4.69) is 0 Å². The molecule has 0 unspecified atom stereocenters. The number of nitrogens with zero attached hydrogens (tertiary/aromatic N) is 1. The Bertz CT molecular complexity index is 772. The number of likely N-dealkylation sites (N-methyl/N-ethyl adjacent to an activating group) is 1. The van der Waals surface area contributed by atoms with E-state index in [1.165, 1.54) is 17.4 Å². The van der Waals surface area contributed by atoms with Crippen molar-refractivity contribution in [2.24, 2.45) is 0 Å². The normalized spacial score (nSPS) is 10.8. The lowest BCUT2D eigenvalue weighted by atomic mass is 10.1. The van der Waals surface area contributed by atoms with E-state index in [4.69, 9.17) is 25.8 Å². The van der Waals surface area contributed by atoms with Gasteiger partial charge in [-0.2, -0.15) is 0 Å². The molecular formula is C18H20ClNO4S. The van der Waals surface area contributed by atoms with Crippen LogP contribution in [0.5, 0.6) is 17.2 Å². The second-order valence-electron chi connectivity index (χ2n) is 5.18. The fourth-order valence-electron chi connectivity index (χ4n) is 2.22. The zero-order valence-electron chi connectivity index (χ0n) is 14.5. The average molecular weight is 382 g/mol. The molecule has 0 saturated heterocycles. The SMILES string of the molecule is COc1cc(OC)c(OC)cc1/C=C/C(=O)N(C)Cc1ccc(Cl)s1. The molecule has 0 atom stereocenters. The maximum atomic E-state index is 12.3. The molecule has 5 nitrogen and oxygen atoms in total. The first-order valence-electron chi connectivity index (χ1n) is 7.46. The summed E-state index contributed by atoms with van der Waals surface area (Å²) in [6, 6.07) is 7.23. The third-order valence-corrected chi connectivity index (χ3v) is 4.76. The van der Waals surface area contributed by atoms with Crippen molar-refractivity contribution in [2.45, 2.75) is 6.54 Å². The summed E-state index contributed by atoms with van der Waals surface area (Å²) >= 11 is 7.38. The molecule has 0 fully saturated rings. The van der Waals surface area contributed by atoms with Crippen molar-refractivity contribution in [2.75, 3.05) is 28.4 Å². The van der Waals surface area contributed by atoms with Gasteiger partial charge < -0.3 is 19.1 Å². The van der Waals surface area contributed by atoms with Crippen molar-refractivity contribution in [3.8, 4) is 17.2 Å². The molecule has 1 aromatic heterocycles. The number of benzene rings is 1. The maximum absolute atomic E-state index is 12.3. The van der Waals surface area contributed by atoms with Crippen LogP contribution in [0.2, 0.25) is 4.34 Å². The summed E-state index contributed by atoms with van der Waals surface area (Å²) in [7, 11) is 6.42. The topological polar surface area (TPSA) is 48.0 Å². The molecular weight excluding hydrogens is 362 g/mol.